The number of amides is 1. The van der Waals surface area contributed by atoms with Gasteiger partial charge in [-0.25, -0.2) is 13.9 Å². The average molecular weight is 457 g/mol. The Hall–Kier alpha value is -1.93. The fourth-order valence-electron chi connectivity index (χ4n) is 2.48. The van der Waals surface area contributed by atoms with Gasteiger partial charge in [-0.2, -0.15) is 0 Å². The number of aromatic amines is 1. The van der Waals surface area contributed by atoms with Crippen LogP contribution in [0.25, 0.3) is 6.08 Å². The second-order valence-electron chi connectivity index (χ2n) is 5.77. The lowest BCUT2D eigenvalue weighted by atomic mass is 10.2. The first kappa shape index (κ1) is 23.3. The van der Waals surface area contributed by atoms with Gasteiger partial charge in [-0.1, -0.05) is 0 Å². The predicted molar refractivity (Wildman–Crippen MR) is 93.0 cm³/mol. The van der Waals surface area contributed by atoms with Gasteiger partial charge in [-0.15, -0.1) is 0 Å². The summed E-state index contributed by atoms with van der Waals surface area (Å²) in [7, 11) is -9.95. The van der Waals surface area contributed by atoms with E-state index < -0.39 is 57.8 Å². The molecule has 162 valence electrons. The van der Waals surface area contributed by atoms with E-state index >= 15 is 0 Å². The SMILES string of the molecule is NC(=O)/C=C/c1cn(C2CC(OP(=O)(O)O)C(COP(=O)(O)O)O2)c(=O)[nH]c1=O. The number of hydrogen-bond acceptors (Lipinski definition) is 8. The molecule has 0 aliphatic carbocycles. The van der Waals surface area contributed by atoms with Crippen molar-refractivity contribution < 1.29 is 47.3 Å². The molecule has 17 heteroatoms. The summed E-state index contributed by atoms with van der Waals surface area (Å²) >= 11 is 0. The van der Waals surface area contributed by atoms with Crippen LogP contribution in [0.4, 0.5) is 0 Å². The lowest BCUT2D eigenvalue weighted by Crippen LogP contribution is -2.33. The van der Waals surface area contributed by atoms with Crippen molar-refractivity contribution >= 4 is 27.6 Å². The minimum atomic E-state index is -5.02. The molecule has 1 saturated heterocycles. The summed E-state index contributed by atoms with van der Waals surface area (Å²) in [5.41, 5.74) is 2.99. The van der Waals surface area contributed by atoms with E-state index in [1.807, 2.05) is 4.98 Å². The predicted octanol–water partition coefficient (Wildman–Crippen LogP) is -2.09. The summed E-state index contributed by atoms with van der Waals surface area (Å²) in [5, 5.41) is 0. The second-order valence-corrected chi connectivity index (χ2v) is 8.20. The molecule has 0 saturated carbocycles. The molecule has 3 atom stereocenters. The van der Waals surface area contributed by atoms with Gasteiger partial charge in [0, 0.05) is 18.7 Å². The van der Waals surface area contributed by atoms with Gasteiger partial charge in [0.05, 0.1) is 12.2 Å². The Bertz CT molecular complexity index is 1000. The molecule has 2 heterocycles. The van der Waals surface area contributed by atoms with Crippen LogP contribution in [0, 0.1) is 0 Å². The molecule has 7 N–H and O–H groups in total. The van der Waals surface area contributed by atoms with Gasteiger partial charge >= 0.3 is 21.3 Å². The van der Waals surface area contributed by atoms with Crippen molar-refractivity contribution in [3.63, 3.8) is 0 Å². The van der Waals surface area contributed by atoms with Crippen LogP contribution >= 0.6 is 15.6 Å². The third kappa shape index (κ3) is 7.12. The molecule has 1 aliphatic rings. The lowest BCUT2D eigenvalue weighted by molar-refractivity contribution is -0.113. The number of nitrogens with one attached hydrogen (secondary N) is 1. The number of rotatable bonds is 8. The molecule has 29 heavy (non-hydrogen) atoms. The van der Waals surface area contributed by atoms with Gasteiger partial charge in [-0.05, 0) is 6.08 Å². The van der Waals surface area contributed by atoms with Crippen LogP contribution < -0.4 is 17.0 Å². The fourth-order valence-corrected chi connectivity index (χ4v) is 3.40. The number of ether oxygens (including phenoxy) is 1. The average Bonchev–Trinajstić information content (AvgIpc) is 2.92. The molecule has 3 unspecified atom stereocenters. The van der Waals surface area contributed by atoms with E-state index in [0.29, 0.717) is 0 Å². The molecule has 0 bridgehead atoms. The summed E-state index contributed by atoms with van der Waals surface area (Å²) in [6.45, 7) is -0.808. The lowest BCUT2D eigenvalue weighted by Gasteiger charge is -2.19. The second kappa shape index (κ2) is 8.83. The zero-order chi connectivity index (χ0) is 22.0. The summed E-state index contributed by atoms with van der Waals surface area (Å²) in [4.78, 5) is 72.3. The minimum Gasteiger partial charge on any atom is -0.366 e. The Morgan fingerprint density at radius 2 is 1.97 bits per heavy atom. The van der Waals surface area contributed by atoms with Crippen molar-refractivity contribution in [1.29, 1.82) is 0 Å². The summed E-state index contributed by atoms with van der Waals surface area (Å²) in [5.74, 6) is -0.857. The summed E-state index contributed by atoms with van der Waals surface area (Å²) in [6, 6.07) is 0. The number of H-pyrrole nitrogens is 1. The minimum absolute atomic E-state index is 0.158. The molecule has 0 spiro atoms. The van der Waals surface area contributed by atoms with E-state index in [1.54, 1.807) is 0 Å². The van der Waals surface area contributed by atoms with Gasteiger partial charge < -0.3 is 30.0 Å². The first-order chi connectivity index (χ1) is 13.2. The summed E-state index contributed by atoms with van der Waals surface area (Å²) in [6.07, 6.45) is -1.46. The van der Waals surface area contributed by atoms with Crippen LogP contribution in [-0.4, -0.2) is 53.8 Å². The van der Waals surface area contributed by atoms with Crippen LogP contribution in [0.15, 0.2) is 21.9 Å². The molecular weight excluding hydrogens is 440 g/mol. The molecule has 15 nitrogen and oxygen atoms in total. The Morgan fingerprint density at radius 1 is 1.31 bits per heavy atom. The molecule has 2 rings (SSSR count). The van der Waals surface area contributed by atoms with Gasteiger partial charge in [0.2, 0.25) is 5.91 Å². The molecule has 1 aliphatic heterocycles. The van der Waals surface area contributed by atoms with Crippen molar-refractivity contribution in [2.24, 2.45) is 5.73 Å². The van der Waals surface area contributed by atoms with Crippen molar-refractivity contribution in [2.45, 2.75) is 24.9 Å². The van der Waals surface area contributed by atoms with E-state index in [9.17, 15) is 23.5 Å². The number of phosphoric ester groups is 2. The maximum Gasteiger partial charge on any atom is 0.469 e. The molecule has 1 aromatic heterocycles. The summed E-state index contributed by atoms with van der Waals surface area (Å²) < 4.78 is 37.1. The Kier molecular flexibility index (Phi) is 7.11. The number of nitrogens with two attached hydrogens (primary N) is 1. The number of carbonyl (C=O) groups excluding carboxylic acids is 1. The smallest absolute Gasteiger partial charge is 0.366 e. The zero-order valence-corrected chi connectivity index (χ0v) is 16.1. The standard InChI is InChI=1S/C12H17N3O12P2/c13-9(16)2-1-6-4-15(12(18)14-11(6)17)10-3-7(27-29(22,23)24)8(26-10)5-25-28(19,20)21/h1-2,4,7-8,10H,3,5H2,(H2,13,16)(H,14,17,18)(H2,19,20,21)(H2,22,23,24)/b2-1+. The van der Waals surface area contributed by atoms with E-state index in [-0.39, 0.29) is 12.0 Å². The maximum atomic E-state index is 12.1. The topological polar surface area (TPSA) is 241 Å². The van der Waals surface area contributed by atoms with Crippen molar-refractivity contribution in [3.05, 3.63) is 38.7 Å². The Morgan fingerprint density at radius 3 is 2.52 bits per heavy atom. The highest BCUT2D eigenvalue weighted by Gasteiger charge is 2.42. The van der Waals surface area contributed by atoms with Gasteiger partial charge in [-0.3, -0.25) is 28.2 Å². The van der Waals surface area contributed by atoms with E-state index in [4.69, 9.17) is 30.0 Å². The van der Waals surface area contributed by atoms with Crippen LogP contribution in [0.5, 0.6) is 0 Å². The number of nitrogens with zero attached hydrogens (tertiary/aromatic N) is 1. The highest BCUT2D eigenvalue weighted by Crippen LogP contribution is 2.45. The zero-order valence-electron chi connectivity index (χ0n) is 14.4. The van der Waals surface area contributed by atoms with E-state index in [0.717, 1.165) is 22.9 Å². The highest BCUT2D eigenvalue weighted by molar-refractivity contribution is 7.46. The number of carbonyl (C=O) groups is 1. The van der Waals surface area contributed by atoms with Crippen molar-refractivity contribution in [1.82, 2.24) is 9.55 Å². The third-order valence-corrected chi connectivity index (χ3v) is 4.62. The molecule has 1 amide bonds. The third-order valence-electron chi connectivity index (χ3n) is 3.59. The number of aromatic nitrogens is 2. The molecule has 1 fully saturated rings. The largest absolute Gasteiger partial charge is 0.469 e. The normalized spacial score (nSPS) is 23.0. The van der Waals surface area contributed by atoms with Gasteiger partial charge in [0.25, 0.3) is 5.56 Å². The number of primary amides is 1. The monoisotopic (exact) mass is 457 g/mol. The number of phosphoric acid groups is 2. The molecule has 1 aromatic rings. The molecular formula is C12H17N3O12P2. The van der Waals surface area contributed by atoms with Gasteiger partial charge in [0.1, 0.15) is 18.4 Å². The van der Waals surface area contributed by atoms with Crippen molar-refractivity contribution in [2.75, 3.05) is 6.61 Å². The van der Waals surface area contributed by atoms with Crippen LogP contribution in [0.1, 0.15) is 18.2 Å². The quantitative estimate of drug-likeness (QED) is 0.182. The Labute approximate surface area is 161 Å². The first-order valence-electron chi connectivity index (χ1n) is 7.67. The maximum absolute atomic E-state index is 12.1. The van der Waals surface area contributed by atoms with E-state index in [1.165, 1.54) is 0 Å². The van der Waals surface area contributed by atoms with Crippen LogP contribution in [0.3, 0.4) is 0 Å². The Balaban J connectivity index is 2.34. The highest BCUT2D eigenvalue weighted by atomic mass is 31.2. The first-order valence-corrected chi connectivity index (χ1v) is 10.7. The van der Waals surface area contributed by atoms with Crippen LogP contribution in [0.2, 0.25) is 0 Å². The molecule has 0 aromatic carbocycles. The number of hydrogen-bond donors (Lipinski definition) is 6. The van der Waals surface area contributed by atoms with Crippen LogP contribution in [-0.2, 0) is 27.7 Å². The van der Waals surface area contributed by atoms with E-state index in [2.05, 4.69) is 9.05 Å². The fraction of sp³-hybridized carbons (Fsp3) is 0.417. The van der Waals surface area contributed by atoms with Crippen molar-refractivity contribution in [3.8, 4) is 0 Å². The molecule has 0 radical (unpaired) electrons. The van der Waals surface area contributed by atoms with Gasteiger partial charge in [0.15, 0.2) is 0 Å².